The van der Waals surface area contributed by atoms with Gasteiger partial charge in [-0.2, -0.15) is 0 Å². The van der Waals surface area contributed by atoms with E-state index >= 15 is 0 Å². The van der Waals surface area contributed by atoms with Gasteiger partial charge in [-0.25, -0.2) is 0 Å². The zero-order valence-corrected chi connectivity index (χ0v) is 12.2. The Morgan fingerprint density at radius 1 is 1.48 bits per heavy atom. The Morgan fingerprint density at radius 2 is 2.10 bits per heavy atom. The van der Waals surface area contributed by atoms with Crippen LogP contribution in [0.3, 0.4) is 0 Å². The molecule has 0 aliphatic carbocycles. The summed E-state index contributed by atoms with van der Waals surface area (Å²) in [6.07, 6.45) is -0.856. The van der Waals surface area contributed by atoms with Crippen molar-refractivity contribution in [3.05, 3.63) is 50.7 Å². The Balaban J connectivity index is 2.27. The molecule has 2 aromatic rings. The van der Waals surface area contributed by atoms with Gasteiger partial charge in [0.15, 0.2) is 0 Å². The van der Waals surface area contributed by atoms with Gasteiger partial charge < -0.3 is 9.84 Å². The summed E-state index contributed by atoms with van der Waals surface area (Å²) in [6, 6.07) is 6.72. The number of methoxy groups -OCH3 is 1. The van der Waals surface area contributed by atoms with Gasteiger partial charge in [0.25, 0.3) is 0 Å². The van der Waals surface area contributed by atoms with Gasteiger partial charge in [0.1, 0.15) is 5.69 Å². The van der Waals surface area contributed by atoms with E-state index in [2.05, 4.69) is 5.10 Å². The van der Waals surface area contributed by atoms with E-state index in [-0.39, 0.29) is 18.1 Å². The van der Waals surface area contributed by atoms with E-state index in [1.165, 1.54) is 11.8 Å². The van der Waals surface area contributed by atoms with Crippen molar-refractivity contribution in [2.45, 2.75) is 19.6 Å². The molecule has 0 bridgehead atoms. The average Bonchev–Trinajstić information content (AvgIpc) is 2.76. The number of hydrogen-bond acceptors (Lipinski definition) is 5. The number of rotatable bonds is 5. The highest BCUT2D eigenvalue weighted by Gasteiger charge is 2.26. The van der Waals surface area contributed by atoms with Crippen LogP contribution in [0.1, 0.15) is 17.4 Å². The molecule has 1 heterocycles. The van der Waals surface area contributed by atoms with Gasteiger partial charge in [-0.1, -0.05) is 23.7 Å². The third-order valence-corrected chi connectivity index (χ3v) is 3.37. The molecule has 0 spiro atoms. The Kier molecular flexibility index (Phi) is 4.44. The number of nitrogens with zero attached hydrogens (tertiary/aromatic N) is 3. The molecule has 21 heavy (non-hydrogen) atoms. The van der Waals surface area contributed by atoms with E-state index in [1.807, 2.05) is 0 Å². The molecule has 0 saturated heterocycles. The van der Waals surface area contributed by atoms with Gasteiger partial charge in [0.2, 0.25) is 0 Å². The second kappa shape index (κ2) is 6.11. The first-order valence-electron chi connectivity index (χ1n) is 6.13. The van der Waals surface area contributed by atoms with Crippen LogP contribution in [-0.4, -0.2) is 26.9 Å². The molecule has 1 atom stereocenters. The predicted octanol–water partition coefficient (Wildman–Crippen LogP) is 2.50. The van der Waals surface area contributed by atoms with Crippen LogP contribution in [-0.2, 0) is 6.54 Å². The van der Waals surface area contributed by atoms with Crippen molar-refractivity contribution in [3.63, 3.8) is 0 Å². The summed E-state index contributed by atoms with van der Waals surface area (Å²) >= 11 is 5.79. The molecule has 0 radical (unpaired) electrons. The molecule has 1 unspecified atom stereocenters. The van der Waals surface area contributed by atoms with Crippen molar-refractivity contribution in [3.8, 4) is 5.88 Å². The van der Waals surface area contributed by atoms with Crippen LogP contribution in [0, 0.1) is 17.0 Å². The zero-order chi connectivity index (χ0) is 15.6. The van der Waals surface area contributed by atoms with Crippen LogP contribution in [0.5, 0.6) is 5.88 Å². The molecule has 1 N–H and O–H groups in total. The van der Waals surface area contributed by atoms with Gasteiger partial charge >= 0.3 is 11.6 Å². The quantitative estimate of drug-likeness (QED) is 0.676. The second-order valence-corrected chi connectivity index (χ2v) is 4.89. The van der Waals surface area contributed by atoms with Crippen LogP contribution in [0.2, 0.25) is 5.02 Å². The summed E-state index contributed by atoms with van der Waals surface area (Å²) in [5.41, 5.74) is 0.779. The smallest absolute Gasteiger partial charge is 0.352 e. The summed E-state index contributed by atoms with van der Waals surface area (Å²) in [7, 11) is 1.31. The first-order chi connectivity index (χ1) is 9.93. The third kappa shape index (κ3) is 3.14. The van der Waals surface area contributed by atoms with Crippen molar-refractivity contribution in [2.24, 2.45) is 0 Å². The second-order valence-electron chi connectivity index (χ2n) is 4.45. The molecule has 0 amide bonds. The van der Waals surface area contributed by atoms with Crippen molar-refractivity contribution in [1.82, 2.24) is 9.78 Å². The van der Waals surface area contributed by atoms with Gasteiger partial charge in [0.05, 0.1) is 24.7 Å². The summed E-state index contributed by atoms with van der Waals surface area (Å²) in [5, 5.41) is 25.8. The number of aliphatic hydroxyl groups is 1. The highest BCUT2D eigenvalue weighted by atomic mass is 35.5. The number of nitro groups is 1. The van der Waals surface area contributed by atoms with Gasteiger partial charge in [0, 0.05) is 5.02 Å². The largest absolute Gasteiger partial charge is 0.475 e. The third-order valence-electron chi connectivity index (χ3n) is 3.12. The molecule has 2 rings (SSSR count). The van der Waals surface area contributed by atoms with Crippen molar-refractivity contribution in [2.75, 3.05) is 7.11 Å². The highest BCUT2D eigenvalue weighted by Crippen LogP contribution is 2.30. The van der Waals surface area contributed by atoms with Gasteiger partial charge in [-0.3, -0.25) is 14.8 Å². The van der Waals surface area contributed by atoms with Gasteiger partial charge in [-0.15, -0.1) is 5.10 Å². The molecule has 0 fully saturated rings. The lowest BCUT2D eigenvalue weighted by Crippen LogP contribution is -2.11. The number of hydrogen-bond donors (Lipinski definition) is 1. The van der Waals surface area contributed by atoms with E-state index in [1.54, 1.807) is 31.2 Å². The fourth-order valence-electron chi connectivity index (χ4n) is 1.99. The number of aromatic nitrogens is 2. The molecule has 1 aromatic heterocycles. The van der Waals surface area contributed by atoms with Crippen LogP contribution in [0.25, 0.3) is 0 Å². The van der Waals surface area contributed by atoms with E-state index in [4.69, 9.17) is 16.3 Å². The van der Waals surface area contributed by atoms with Crippen molar-refractivity contribution < 1.29 is 14.8 Å². The molecular weight excluding hydrogens is 298 g/mol. The molecule has 0 aliphatic rings. The Hall–Kier alpha value is -2.12. The minimum atomic E-state index is -0.856. The van der Waals surface area contributed by atoms with E-state index < -0.39 is 11.0 Å². The highest BCUT2D eigenvalue weighted by molar-refractivity contribution is 6.30. The van der Waals surface area contributed by atoms with Crippen molar-refractivity contribution in [1.29, 1.82) is 0 Å². The summed E-state index contributed by atoms with van der Waals surface area (Å²) < 4.78 is 6.26. The topological polar surface area (TPSA) is 90.4 Å². The summed E-state index contributed by atoms with van der Waals surface area (Å²) in [6.45, 7) is 1.64. The molecule has 0 aliphatic heterocycles. The number of halogens is 1. The monoisotopic (exact) mass is 311 g/mol. The average molecular weight is 312 g/mol. The Morgan fingerprint density at radius 3 is 2.57 bits per heavy atom. The molecule has 1 aromatic carbocycles. The fraction of sp³-hybridized carbons (Fsp3) is 0.308. The standard InChI is InChI=1S/C13H14ClN3O4/c1-8-12(17(19)20)13(21-2)15-16(8)7-11(18)9-3-5-10(14)6-4-9/h3-6,11,18H,7H2,1-2H3. The normalized spacial score (nSPS) is 12.2. The molecular formula is C13H14ClN3O4. The minimum absolute atomic E-state index is 0.0687. The molecule has 8 heteroatoms. The lowest BCUT2D eigenvalue weighted by molar-refractivity contribution is -0.386. The molecule has 7 nitrogen and oxygen atoms in total. The lowest BCUT2D eigenvalue weighted by atomic mass is 10.1. The van der Waals surface area contributed by atoms with E-state index in [0.29, 0.717) is 16.3 Å². The minimum Gasteiger partial charge on any atom is -0.475 e. The van der Waals surface area contributed by atoms with Crippen LogP contribution in [0.15, 0.2) is 24.3 Å². The Bertz CT molecular complexity index is 654. The number of ether oxygens (including phenoxy) is 1. The van der Waals surface area contributed by atoms with E-state index in [9.17, 15) is 15.2 Å². The predicted molar refractivity (Wildman–Crippen MR) is 76.6 cm³/mol. The fourth-order valence-corrected chi connectivity index (χ4v) is 2.11. The summed E-state index contributed by atoms with van der Waals surface area (Å²) in [5.74, 6) is -0.0687. The van der Waals surface area contributed by atoms with Gasteiger partial charge in [-0.05, 0) is 24.6 Å². The number of benzene rings is 1. The molecule has 112 valence electrons. The van der Waals surface area contributed by atoms with Crippen LogP contribution < -0.4 is 4.74 Å². The van der Waals surface area contributed by atoms with Crippen molar-refractivity contribution >= 4 is 17.3 Å². The SMILES string of the molecule is COc1nn(CC(O)c2ccc(Cl)cc2)c(C)c1[N+](=O)[O-]. The zero-order valence-electron chi connectivity index (χ0n) is 11.5. The molecule has 0 saturated carbocycles. The maximum Gasteiger partial charge on any atom is 0.352 e. The van der Waals surface area contributed by atoms with E-state index in [0.717, 1.165) is 0 Å². The summed E-state index contributed by atoms with van der Waals surface area (Å²) in [4.78, 5) is 10.5. The lowest BCUT2D eigenvalue weighted by Gasteiger charge is -2.12. The first-order valence-corrected chi connectivity index (χ1v) is 6.51. The maximum atomic E-state index is 11.0. The van der Waals surface area contributed by atoms with Crippen LogP contribution in [0.4, 0.5) is 5.69 Å². The maximum absolute atomic E-state index is 11.0. The number of aliphatic hydroxyl groups excluding tert-OH is 1. The first kappa shape index (κ1) is 15.3. The Labute approximate surface area is 125 Å². The van der Waals surface area contributed by atoms with Crippen LogP contribution >= 0.6 is 11.6 Å².